The van der Waals surface area contributed by atoms with E-state index >= 15 is 0 Å². The van der Waals surface area contributed by atoms with E-state index in [0.717, 1.165) is 25.3 Å². The van der Waals surface area contributed by atoms with Crippen LogP contribution in [0.25, 0.3) is 0 Å². The summed E-state index contributed by atoms with van der Waals surface area (Å²) in [5, 5.41) is 0. The van der Waals surface area contributed by atoms with Crippen molar-refractivity contribution in [3.8, 4) is 0 Å². The van der Waals surface area contributed by atoms with Crippen molar-refractivity contribution < 1.29 is 42.6 Å². The number of alkyl halides is 2. The molecule has 0 fully saturated rings. The van der Waals surface area contributed by atoms with E-state index in [4.69, 9.17) is 65.8 Å². The predicted octanol–water partition coefficient (Wildman–Crippen LogP) is 3.17. The lowest BCUT2D eigenvalue weighted by Gasteiger charge is -2.09. The molecule has 0 heterocycles. The van der Waals surface area contributed by atoms with Crippen LogP contribution in [0.2, 0.25) is 0 Å². The van der Waals surface area contributed by atoms with Crippen LogP contribution in [-0.2, 0) is 42.6 Å². The van der Waals surface area contributed by atoms with E-state index in [1.807, 2.05) is 0 Å². The lowest BCUT2D eigenvalue weighted by molar-refractivity contribution is -0.0248. The van der Waals surface area contributed by atoms with Crippen LogP contribution in [-0.4, -0.2) is 131 Å². The number of hydrogen-bond donors (Lipinski definition) is 0. The van der Waals surface area contributed by atoms with Gasteiger partial charge in [-0.1, -0.05) is 12.8 Å². The summed E-state index contributed by atoms with van der Waals surface area (Å²) in [7, 11) is 0. The monoisotopic (exact) mass is 550 g/mol. The lowest BCUT2D eigenvalue weighted by Crippen LogP contribution is -2.15. The van der Waals surface area contributed by atoms with Gasteiger partial charge in [-0.3, -0.25) is 0 Å². The lowest BCUT2D eigenvalue weighted by atomic mass is 10.2. The Bertz CT molecular complexity index is 340. The van der Waals surface area contributed by atoms with E-state index in [1.165, 1.54) is 12.8 Å². The highest BCUT2D eigenvalue weighted by Gasteiger charge is 1.96. The topological polar surface area (TPSA) is 83.1 Å². The summed E-state index contributed by atoms with van der Waals surface area (Å²) in [6.45, 7) is 10.1. The van der Waals surface area contributed by atoms with Crippen LogP contribution in [0.1, 0.15) is 25.7 Å². The first-order valence-electron chi connectivity index (χ1n) is 12.7. The van der Waals surface area contributed by atoms with Gasteiger partial charge in [0.15, 0.2) is 0 Å². The second kappa shape index (κ2) is 34.2. The van der Waals surface area contributed by atoms with Gasteiger partial charge in [-0.2, -0.15) is 0 Å². The maximum Gasteiger partial charge on any atom is 0.0701 e. The maximum absolute atomic E-state index is 5.64. The molecule has 0 amide bonds. The minimum Gasteiger partial charge on any atom is -0.379 e. The van der Waals surface area contributed by atoms with Gasteiger partial charge >= 0.3 is 0 Å². The highest BCUT2D eigenvalue weighted by Crippen LogP contribution is 2.01. The van der Waals surface area contributed by atoms with Gasteiger partial charge in [-0.25, -0.2) is 0 Å². The fourth-order valence-electron chi connectivity index (χ4n) is 2.57. The molecule has 0 atom stereocenters. The number of halogens is 2. The molecule has 0 aliphatic carbocycles. The Morgan fingerprint density at radius 3 is 0.771 bits per heavy atom. The molecule has 0 aliphatic rings. The molecule has 0 rings (SSSR count). The summed E-state index contributed by atoms with van der Waals surface area (Å²) in [5.41, 5.74) is 0. The van der Waals surface area contributed by atoms with E-state index in [-0.39, 0.29) is 0 Å². The maximum atomic E-state index is 5.64. The van der Waals surface area contributed by atoms with Gasteiger partial charge in [-0.05, 0) is 12.8 Å². The normalized spacial score (nSPS) is 11.5. The Labute approximate surface area is 222 Å². The first-order chi connectivity index (χ1) is 17.4. The quantitative estimate of drug-likeness (QED) is 0.0925. The molecular formula is C24H48Cl2O9. The van der Waals surface area contributed by atoms with Crippen LogP contribution in [0.4, 0.5) is 0 Å². The first kappa shape index (κ1) is 35.2. The average Bonchev–Trinajstić information content (AvgIpc) is 2.87. The van der Waals surface area contributed by atoms with Crippen molar-refractivity contribution in [2.75, 3.05) is 131 Å². The Balaban J connectivity index is 3.00. The molecular weight excluding hydrogens is 503 g/mol. The van der Waals surface area contributed by atoms with Crippen molar-refractivity contribution in [1.29, 1.82) is 0 Å². The molecule has 0 aliphatic heterocycles. The zero-order valence-electron chi connectivity index (χ0n) is 21.4. The van der Waals surface area contributed by atoms with Crippen LogP contribution in [0.5, 0.6) is 0 Å². The second-order valence-electron chi connectivity index (χ2n) is 7.30. The largest absolute Gasteiger partial charge is 0.379 e. The highest BCUT2D eigenvalue weighted by molar-refractivity contribution is 6.18. The molecule has 0 saturated heterocycles. The molecule has 0 N–H and O–H groups in total. The molecule has 212 valence electrons. The molecule has 0 aromatic rings. The van der Waals surface area contributed by atoms with Crippen LogP contribution in [0.3, 0.4) is 0 Å². The second-order valence-corrected chi connectivity index (χ2v) is 8.06. The standard InChI is InChI=1S/C24H48Cl2O9/c25-5-3-1-2-4-7-27-9-11-29-13-15-31-17-19-33-21-23-35-24-22-34-20-18-32-16-14-30-12-10-28-8-6-26/h1-24H2. The van der Waals surface area contributed by atoms with Crippen molar-refractivity contribution in [2.45, 2.75) is 25.7 Å². The van der Waals surface area contributed by atoms with Crippen LogP contribution >= 0.6 is 23.2 Å². The van der Waals surface area contributed by atoms with Gasteiger partial charge in [0, 0.05) is 18.4 Å². The smallest absolute Gasteiger partial charge is 0.0701 e. The summed E-state index contributed by atoms with van der Waals surface area (Å²) in [4.78, 5) is 0. The third kappa shape index (κ3) is 34.2. The van der Waals surface area contributed by atoms with Crippen molar-refractivity contribution in [1.82, 2.24) is 0 Å². The molecule has 0 saturated carbocycles. The predicted molar refractivity (Wildman–Crippen MR) is 137 cm³/mol. The zero-order valence-corrected chi connectivity index (χ0v) is 22.9. The minimum atomic E-state index is 0.503. The summed E-state index contributed by atoms with van der Waals surface area (Å²) >= 11 is 11.1. The summed E-state index contributed by atoms with van der Waals surface area (Å²) in [6, 6.07) is 0. The molecule has 11 heteroatoms. The Morgan fingerprint density at radius 2 is 0.486 bits per heavy atom. The molecule has 35 heavy (non-hydrogen) atoms. The Morgan fingerprint density at radius 1 is 0.229 bits per heavy atom. The van der Waals surface area contributed by atoms with Crippen molar-refractivity contribution >= 4 is 23.2 Å². The van der Waals surface area contributed by atoms with Crippen LogP contribution in [0.15, 0.2) is 0 Å². The third-order valence-electron chi connectivity index (χ3n) is 4.37. The minimum absolute atomic E-state index is 0.503. The van der Waals surface area contributed by atoms with Crippen molar-refractivity contribution in [3.05, 3.63) is 0 Å². The van der Waals surface area contributed by atoms with Gasteiger partial charge in [0.2, 0.25) is 0 Å². The molecule has 0 aromatic carbocycles. The van der Waals surface area contributed by atoms with E-state index in [2.05, 4.69) is 0 Å². The van der Waals surface area contributed by atoms with Crippen LogP contribution in [0, 0.1) is 0 Å². The Hall–Kier alpha value is 0.220. The SMILES string of the molecule is ClCCCCCCOCCOCCOCCOCCOCCOCCOCCOCCOCCCl. The van der Waals surface area contributed by atoms with E-state index in [9.17, 15) is 0 Å². The summed E-state index contributed by atoms with van der Waals surface area (Å²) < 4.78 is 48.7. The van der Waals surface area contributed by atoms with E-state index in [1.54, 1.807) is 0 Å². The highest BCUT2D eigenvalue weighted by atomic mass is 35.5. The van der Waals surface area contributed by atoms with E-state index in [0.29, 0.717) is 118 Å². The number of hydrogen-bond acceptors (Lipinski definition) is 9. The molecule has 0 aromatic heterocycles. The average molecular weight is 552 g/mol. The molecule has 0 spiro atoms. The number of unbranched alkanes of at least 4 members (excludes halogenated alkanes) is 3. The zero-order chi connectivity index (χ0) is 25.3. The first-order valence-corrected chi connectivity index (χ1v) is 13.8. The van der Waals surface area contributed by atoms with Crippen molar-refractivity contribution in [3.63, 3.8) is 0 Å². The molecule has 0 radical (unpaired) electrons. The van der Waals surface area contributed by atoms with Crippen LogP contribution < -0.4 is 0 Å². The van der Waals surface area contributed by atoms with Crippen molar-refractivity contribution in [2.24, 2.45) is 0 Å². The number of ether oxygens (including phenoxy) is 9. The Kier molecular flexibility index (Phi) is 34.4. The van der Waals surface area contributed by atoms with Gasteiger partial charge < -0.3 is 42.6 Å². The number of rotatable bonds is 32. The molecule has 0 bridgehead atoms. The van der Waals surface area contributed by atoms with Gasteiger partial charge in [-0.15, -0.1) is 23.2 Å². The van der Waals surface area contributed by atoms with Gasteiger partial charge in [0.05, 0.1) is 112 Å². The fourth-order valence-corrected chi connectivity index (χ4v) is 2.87. The summed E-state index contributed by atoms with van der Waals surface area (Å²) in [6.07, 6.45) is 4.51. The molecule has 0 unspecified atom stereocenters. The molecule has 9 nitrogen and oxygen atoms in total. The summed E-state index contributed by atoms with van der Waals surface area (Å²) in [5.74, 6) is 1.25. The fraction of sp³-hybridized carbons (Fsp3) is 1.00. The third-order valence-corrected chi connectivity index (χ3v) is 4.79. The van der Waals surface area contributed by atoms with E-state index < -0.39 is 0 Å². The van der Waals surface area contributed by atoms with Gasteiger partial charge in [0.1, 0.15) is 0 Å². The van der Waals surface area contributed by atoms with Gasteiger partial charge in [0.25, 0.3) is 0 Å².